The maximum atomic E-state index is 13.7. The number of rotatable bonds is 2. The highest BCUT2D eigenvalue weighted by atomic mass is 35.5. The fraction of sp³-hybridized carbons (Fsp3) is 0.571. The first kappa shape index (κ1) is 13.8. The molecule has 1 aromatic carbocycles. The summed E-state index contributed by atoms with van der Waals surface area (Å²) in [6, 6.07) is 4.76. The van der Waals surface area contributed by atoms with E-state index in [1.165, 1.54) is 6.07 Å². The summed E-state index contributed by atoms with van der Waals surface area (Å²) < 4.78 is 13.7. The Morgan fingerprint density at radius 3 is 3.00 bits per heavy atom. The Hall–Kier alpha value is -0.640. The van der Waals surface area contributed by atoms with Gasteiger partial charge in [0.25, 0.3) is 0 Å². The minimum absolute atomic E-state index is 0.172. The van der Waals surface area contributed by atoms with Crippen molar-refractivity contribution in [3.8, 4) is 0 Å². The molecule has 0 aliphatic carbocycles. The van der Waals surface area contributed by atoms with E-state index in [2.05, 4.69) is 24.1 Å². The number of hydrogen-bond acceptors (Lipinski definition) is 2. The topological polar surface area (TPSA) is 15.3 Å². The maximum absolute atomic E-state index is 13.7. The van der Waals surface area contributed by atoms with Crippen LogP contribution in [0.1, 0.15) is 19.4 Å². The largest absolute Gasteiger partial charge is 0.315 e. The van der Waals surface area contributed by atoms with Crippen LogP contribution in [0.25, 0.3) is 0 Å². The van der Waals surface area contributed by atoms with E-state index < -0.39 is 0 Å². The van der Waals surface area contributed by atoms with Gasteiger partial charge in [0.1, 0.15) is 5.82 Å². The van der Waals surface area contributed by atoms with Gasteiger partial charge in [-0.15, -0.1) is 0 Å². The Morgan fingerprint density at radius 2 is 2.22 bits per heavy atom. The third-order valence-electron chi connectivity index (χ3n) is 3.26. The van der Waals surface area contributed by atoms with Crippen molar-refractivity contribution in [3.63, 3.8) is 0 Å². The van der Waals surface area contributed by atoms with E-state index >= 15 is 0 Å². The molecule has 4 heteroatoms. The van der Waals surface area contributed by atoms with Crippen molar-refractivity contribution < 1.29 is 4.39 Å². The smallest absolute Gasteiger partial charge is 0.127 e. The lowest BCUT2D eigenvalue weighted by Gasteiger charge is -2.29. The summed E-state index contributed by atoms with van der Waals surface area (Å²) in [5.41, 5.74) is 0.895. The summed E-state index contributed by atoms with van der Waals surface area (Å²) in [5, 5.41) is 4.01. The zero-order valence-electron chi connectivity index (χ0n) is 11.0. The molecule has 1 aliphatic rings. The Kier molecular flexibility index (Phi) is 4.25. The van der Waals surface area contributed by atoms with E-state index in [-0.39, 0.29) is 11.2 Å². The van der Waals surface area contributed by atoms with Crippen molar-refractivity contribution in [1.82, 2.24) is 10.2 Å². The minimum atomic E-state index is -0.172. The second-order valence-corrected chi connectivity index (χ2v) is 6.22. The average molecular weight is 271 g/mol. The quantitative estimate of drug-likeness (QED) is 0.889. The summed E-state index contributed by atoms with van der Waals surface area (Å²) in [6.45, 7) is 8.94. The molecule has 1 N–H and O–H groups in total. The normalized spacial score (nSPS) is 20.7. The van der Waals surface area contributed by atoms with Crippen LogP contribution in [-0.4, -0.2) is 31.1 Å². The van der Waals surface area contributed by atoms with E-state index in [0.29, 0.717) is 17.1 Å². The summed E-state index contributed by atoms with van der Waals surface area (Å²) in [5.74, 6) is -0.172. The van der Waals surface area contributed by atoms with Crippen LogP contribution in [0.3, 0.4) is 0 Å². The van der Waals surface area contributed by atoms with Crippen LogP contribution in [0.2, 0.25) is 5.02 Å². The van der Waals surface area contributed by atoms with E-state index in [0.717, 1.165) is 26.2 Å². The fourth-order valence-corrected chi connectivity index (χ4v) is 2.64. The summed E-state index contributed by atoms with van der Waals surface area (Å²) >= 11 is 5.93. The zero-order valence-corrected chi connectivity index (χ0v) is 11.7. The molecule has 0 amide bonds. The second kappa shape index (κ2) is 5.55. The third-order valence-corrected chi connectivity index (χ3v) is 3.50. The minimum Gasteiger partial charge on any atom is -0.315 e. The van der Waals surface area contributed by atoms with Gasteiger partial charge in [0.05, 0.1) is 0 Å². The zero-order chi connectivity index (χ0) is 13.2. The van der Waals surface area contributed by atoms with Gasteiger partial charge in [-0.25, -0.2) is 4.39 Å². The molecule has 0 bridgehead atoms. The summed E-state index contributed by atoms with van der Waals surface area (Å²) in [6.07, 6.45) is 0. The van der Waals surface area contributed by atoms with Crippen LogP contribution in [0.4, 0.5) is 4.39 Å². The second-order valence-electron chi connectivity index (χ2n) is 5.79. The van der Waals surface area contributed by atoms with E-state index in [1.54, 1.807) is 12.1 Å². The molecule has 0 spiro atoms. The number of halogens is 2. The lowest BCUT2D eigenvalue weighted by Crippen LogP contribution is -2.34. The number of hydrogen-bond donors (Lipinski definition) is 1. The molecule has 0 unspecified atom stereocenters. The van der Waals surface area contributed by atoms with Gasteiger partial charge in [-0.05, 0) is 23.6 Å². The standard InChI is InChI=1S/C14H20ClFN2/c1-14(2)9-17-5-6-18(10-14)8-11-7-12(15)3-4-13(11)16/h3-4,7,17H,5-6,8-10H2,1-2H3. The van der Waals surface area contributed by atoms with Gasteiger partial charge in [0, 0.05) is 43.3 Å². The van der Waals surface area contributed by atoms with Crippen molar-refractivity contribution in [3.05, 3.63) is 34.6 Å². The lowest BCUT2D eigenvalue weighted by atomic mass is 9.93. The number of benzene rings is 1. The van der Waals surface area contributed by atoms with Gasteiger partial charge in [-0.3, -0.25) is 4.90 Å². The van der Waals surface area contributed by atoms with Crippen molar-refractivity contribution in [2.24, 2.45) is 5.41 Å². The molecule has 1 fully saturated rings. The van der Waals surface area contributed by atoms with Crippen molar-refractivity contribution in [2.45, 2.75) is 20.4 Å². The third kappa shape index (κ3) is 3.67. The van der Waals surface area contributed by atoms with Gasteiger partial charge in [0.2, 0.25) is 0 Å². The van der Waals surface area contributed by atoms with E-state index in [4.69, 9.17) is 11.6 Å². The van der Waals surface area contributed by atoms with Gasteiger partial charge < -0.3 is 5.32 Å². The van der Waals surface area contributed by atoms with Crippen LogP contribution >= 0.6 is 11.6 Å². The molecule has 0 radical (unpaired) electrons. The van der Waals surface area contributed by atoms with Crippen molar-refractivity contribution >= 4 is 11.6 Å². The summed E-state index contributed by atoms with van der Waals surface area (Å²) in [4.78, 5) is 2.29. The first-order valence-corrected chi connectivity index (χ1v) is 6.71. The SMILES string of the molecule is CC1(C)CNCCN(Cc2cc(Cl)ccc2F)C1. The Morgan fingerprint density at radius 1 is 1.44 bits per heavy atom. The van der Waals surface area contributed by atoms with Crippen LogP contribution in [0.5, 0.6) is 0 Å². The molecule has 0 saturated carbocycles. The predicted octanol–water partition coefficient (Wildman–Crippen LogP) is 2.91. The highest BCUT2D eigenvalue weighted by Gasteiger charge is 2.24. The van der Waals surface area contributed by atoms with Gasteiger partial charge in [0.15, 0.2) is 0 Å². The van der Waals surface area contributed by atoms with Crippen LogP contribution < -0.4 is 5.32 Å². The summed E-state index contributed by atoms with van der Waals surface area (Å²) in [7, 11) is 0. The highest BCUT2D eigenvalue weighted by Crippen LogP contribution is 2.21. The molecule has 2 nitrogen and oxygen atoms in total. The molecule has 2 rings (SSSR count). The van der Waals surface area contributed by atoms with Gasteiger partial charge in [-0.2, -0.15) is 0 Å². The van der Waals surface area contributed by atoms with Crippen LogP contribution in [-0.2, 0) is 6.54 Å². The molecule has 1 aliphatic heterocycles. The van der Waals surface area contributed by atoms with Gasteiger partial charge in [-0.1, -0.05) is 25.4 Å². The van der Waals surface area contributed by atoms with E-state index in [1.807, 2.05) is 0 Å². The molecule has 100 valence electrons. The molecule has 0 atom stereocenters. The monoisotopic (exact) mass is 270 g/mol. The Bertz CT molecular complexity index is 420. The molecule has 1 saturated heterocycles. The van der Waals surface area contributed by atoms with Crippen molar-refractivity contribution in [1.29, 1.82) is 0 Å². The predicted molar refractivity (Wildman–Crippen MR) is 73.3 cm³/mol. The highest BCUT2D eigenvalue weighted by molar-refractivity contribution is 6.30. The first-order chi connectivity index (χ1) is 8.46. The molecule has 18 heavy (non-hydrogen) atoms. The fourth-order valence-electron chi connectivity index (χ4n) is 2.44. The van der Waals surface area contributed by atoms with Gasteiger partial charge >= 0.3 is 0 Å². The van der Waals surface area contributed by atoms with Crippen LogP contribution in [0.15, 0.2) is 18.2 Å². The average Bonchev–Trinajstić information content (AvgIpc) is 2.44. The number of nitrogens with one attached hydrogen (secondary N) is 1. The molecular formula is C14H20ClFN2. The number of nitrogens with zero attached hydrogens (tertiary/aromatic N) is 1. The Balaban J connectivity index is 2.10. The molecule has 1 heterocycles. The lowest BCUT2D eigenvalue weighted by molar-refractivity contribution is 0.198. The van der Waals surface area contributed by atoms with Crippen molar-refractivity contribution in [2.75, 3.05) is 26.2 Å². The van der Waals surface area contributed by atoms with Crippen LogP contribution in [0, 0.1) is 11.2 Å². The maximum Gasteiger partial charge on any atom is 0.127 e. The Labute approximate surface area is 113 Å². The van der Waals surface area contributed by atoms with E-state index in [9.17, 15) is 4.39 Å². The molecule has 1 aromatic rings. The molecule has 0 aromatic heterocycles. The first-order valence-electron chi connectivity index (χ1n) is 6.33. The molecular weight excluding hydrogens is 251 g/mol.